The molecular formula is C15H17N3S2. The number of nitrogens with zero attached hydrogens (tertiary/aromatic N) is 2. The monoisotopic (exact) mass is 303 g/mol. The van der Waals surface area contributed by atoms with Gasteiger partial charge in [0.25, 0.3) is 0 Å². The topological polar surface area (TPSA) is 37.8 Å². The molecule has 2 heterocycles. The Morgan fingerprint density at radius 1 is 1.25 bits per heavy atom. The molecule has 5 heteroatoms. The van der Waals surface area contributed by atoms with Crippen LogP contribution >= 0.6 is 22.7 Å². The molecule has 0 amide bonds. The molecule has 1 N–H and O–H groups in total. The lowest BCUT2D eigenvalue weighted by atomic mass is 10.3. The van der Waals surface area contributed by atoms with Crippen molar-refractivity contribution in [1.29, 1.82) is 0 Å². The zero-order valence-corrected chi connectivity index (χ0v) is 13.2. The molecule has 3 aromatic rings. The van der Waals surface area contributed by atoms with Crippen molar-refractivity contribution in [1.82, 2.24) is 15.3 Å². The minimum absolute atomic E-state index is 0.251. The molecule has 0 aliphatic heterocycles. The van der Waals surface area contributed by atoms with E-state index in [1.54, 1.807) is 22.7 Å². The molecule has 0 aliphatic carbocycles. The first-order valence-electron chi connectivity index (χ1n) is 6.78. The minimum Gasteiger partial charge on any atom is -0.302 e. The Hall–Kier alpha value is -1.30. The molecule has 0 spiro atoms. The van der Waals surface area contributed by atoms with Crippen molar-refractivity contribution in [3.8, 4) is 0 Å². The third-order valence-electron chi connectivity index (χ3n) is 3.19. The van der Waals surface area contributed by atoms with Gasteiger partial charge in [-0.2, -0.15) is 0 Å². The number of aromatic nitrogens is 2. The quantitative estimate of drug-likeness (QED) is 0.769. The van der Waals surface area contributed by atoms with Crippen LogP contribution in [0.4, 0.5) is 0 Å². The van der Waals surface area contributed by atoms with Gasteiger partial charge in [-0.15, -0.1) is 22.7 Å². The Kier molecular flexibility index (Phi) is 4.10. The fourth-order valence-corrected chi connectivity index (χ4v) is 3.80. The third-order valence-corrected chi connectivity index (χ3v) is 5.55. The van der Waals surface area contributed by atoms with Crippen LogP contribution in [0.5, 0.6) is 0 Å². The molecule has 2 aromatic heterocycles. The van der Waals surface area contributed by atoms with Gasteiger partial charge in [0.05, 0.1) is 16.3 Å². The van der Waals surface area contributed by atoms with E-state index in [9.17, 15) is 0 Å². The third kappa shape index (κ3) is 2.90. The van der Waals surface area contributed by atoms with Gasteiger partial charge >= 0.3 is 0 Å². The van der Waals surface area contributed by atoms with Gasteiger partial charge in [0.1, 0.15) is 10.0 Å². The number of hydrogen-bond acceptors (Lipinski definition) is 5. The maximum absolute atomic E-state index is 4.69. The first-order valence-corrected chi connectivity index (χ1v) is 8.42. The minimum atomic E-state index is 0.251. The molecule has 1 unspecified atom stereocenters. The van der Waals surface area contributed by atoms with E-state index in [1.165, 1.54) is 9.58 Å². The van der Waals surface area contributed by atoms with Crippen LogP contribution in [0.15, 0.2) is 30.5 Å². The summed E-state index contributed by atoms with van der Waals surface area (Å²) in [5, 5.41) is 5.79. The largest absolute Gasteiger partial charge is 0.302 e. The summed E-state index contributed by atoms with van der Waals surface area (Å²) in [4.78, 5) is 10.5. The van der Waals surface area contributed by atoms with Gasteiger partial charge in [-0.1, -0.05) is 19.1 Å². The molecule has 3 rings (SSSR count). The van der Waals surface area contributed by atoms with Crippen molar-refractivity contribution < 1.29 is 0 Å². The molecule has 104 valence electrons. The normalized spacial score (nSPS) is 12.9. The van der Waals surface area contributed by atoms with Crippen LogP contribution < -0.4 is 5.32 Å². The van der Waals surface area contributed by atoms with Crippen molar-refractivity contribution in [2.45, 2.75) is 32.9 Å². The van der Waals surface area contributed by atoms with Crippen molar-refractivity contribution in [2.24, 2.45) is 0 Å². The first kappa shape index (κ1) is 13.7. The lowest BCUT2D eigenvalue weighted by Gasteiger charge is -2.08. The standard InChI is InChI=1S/C15H17N3S2/c1-3-11-8-17-14(19-11)9-16-10(2)15-18-12-6-4-5-7-13(12)20-15/h4-8,10,16H,3,9H2,1-2H3. The number of aryl methyl sites for hydroxylation is 1. The van der Waals surface area contributed by atoms with Crippen LogP contribution in [-0.2, 0) is 13.0 Å². The summed E-state index contributed by atoms with van der Waals surface area (Å²) >= 11 is 3.54. The molecular weight excluding hydrogens is 286 g/mol. The van der Waals surface area contributed by atoms with E-state index in [0.717, 1.165) is 28.5 Å². The average Bonchev–Trinajstić information content (AvgIpc) is 3.10. The van der Waals surface area contributed by atoms with E-state index in [1.807, 2.05) is 12.3 Å². The number of nitrogens with one attached hydrogen (secondary N) is 1. The Morgan fingerprint density at radius 3 is 2.85 bits per heavy atom. The van der Waals surface area contributed by atoms with Gasteiger partial charge in [-0.05, 0) is 25.5 Å². The Labute approximate surface area is 126 Å². The second-order valence-electron chi connectivity index (χ2n) is 4.70. The van der Waals surface area contributed by atoms with Gasteiger partial charge in [0.15, 0.2) is 0 Å². The molecule has 0 saturated carbocycles. The van der Waals surface area contributed by atoms with Crippen LogP contribution in [0.1, 0.15) is 34.8 Å². The summed E-state index contributed by atoms with van der Waals surface area (Å²) in [6, 6.07) is 8.53. The van der Waals surface area contributed by atoms with Crippen molar-refractivity contribution in [2.75, 3.05) is 0 Å². The average molecular weight is 303 g/mol. The van der Waals surface area contributed by atoms with E-state index in [2.05, 4.69) is 47.3 Å². The van der Waals surface area contributed by atoms with E-state index in [4.69, 9.17) is 0 Å². The lowest BCUT2D eigenvalue weighted by molar-refractivity contribution is 0.571. The number of thiazole rings is 2. The van der Waals surface area contributed by atoms with Crippen LogP contribution in [0.3, 0.4) is 0 Å². The smallest absolute Gasteiger partial charge is 0.111 e. The SMILES string of the molecule is CCc1cnc(CNC(C)c2nc3ccccc3s2)s1. The molecule has 20 heavy (non-hydrogen) atoms. The highest BCUT2D eigenvalue weighted by molar-refractivity contribution is 7.18. The highest BCUT2D eigenvalue weighted by atomic mass is 32.1. The molecule has 3 nitrogen and oxygen atoms in total. The molecule has 0 aliphatic rings. The molecule has 1 aromatic carbocycles. The molecule has 0 fully saturated rings. The lowest BCUT2D eigenvalue weighted by Crippen LogP contribution is -2.17. The summed E-state index contributed by atoms with van der Waals surface area (Å²) in [6.07, 6.45) is 3.04. The predicted molar refractivity (Wildman–Crippen MR) is 86.4 cm³/mol. The van der Waals surface area contributed by atoms with Crippen LogP contribution in [0, 0.1) is 0 Å². The number of para-hydroxylation sites is 1. The molecule has 0 saturated heterocycles. The van der Waals surface area contributed by atoms with E-state index in [0.29, 0.717) is 0 Å². The van der Waals surface area contributed by atoms with Crippen molar-refractivity contribution in [3.63, 3.8) is 0 Å². The summed E-state index contributed by atoms with van der Waals surface area (Å²) in [6.45, 7) is 5.13. The number of rotatable bonds is 5. The number of fused-ring (bicyclic) bond motifs is 1. The van der Waals surface area contributed by atoms with Gasteiger partial charge in [-0.3, -0.25) is 0 Å². The second kappa shape index (κ2) is 5.99. The highest BCUT2D eigenvalue weighted by Crippen LogP contribution is 2.26. The van der Waals surface area contributed by atoms with Gasteiger partial charge < -0.3 is 5.32 Å². The second-order valence-corrected chi connectivity index (χ2v) is 6.96. The fraction of sp³-hybridized carbons (Fsp3) is 0.333. The molecule has 0 bridgehead atoms. The van der Waals surface area contributed by atoms with Crippen molar-refractivity contribution in [3.05, 3.63) is 45.4 Å². The van der Waals surface area contributed by atoms with E-state index >= 15 is 0 Å². The van der Waals surface area contributed by atoms with Gasteiger partial charge in [0, 0.05) is 17.6 Å². The maximum atomic E-state index is 4.69. The summed E-state index contributed by atoms with van der Waals surface area (Å²) in [5.74, 6) is 0. The van der Waals surface area contributed by atoms with E-state index < -0.39 is 0 Å². The summed E-state index contributed by atoms with van der Waals surface area (Å²) < 4.78 is 1.25. The van der Waals surface area contributed by atoms with Gasteiger partial charge in [-0.25, -0.2) is 9.97 Å². The predicted octanol–water partition coefficient (Wildman–Crippen LogP) is 4.17. The molecule has 1 atom stereocenters. The van der Waals surface area contributed by atoms with Crippen LogP contribution in [-0.4, -0.2) is 9.97 Å². The van der Waals surface area contributed by atoms with Crippen molar-refractivity contribution >= 4 is 32.9 Å². The Bertz CT molecular complexity index is 669. The van der Waals surface area contributed by atoms with E-state index in [-0.39, 0.29) is 6.04 Å². The first-order chi connectivity index (χ1) is 9.76. The molecule has 0 radical (unpaired) electrons. The summed E-state index contributed by atoms with van der Waals surface area (Å²) in [7, 11) is 0. The zero-order chi connectivity index (χ0) is 13.9. The maximum Gasteiger partial charge on any atom is 0.111 e. The number of benzene rings is 1. The van der Waals surface area contributed by atoms with Crippen LogP contribution in [0.2, 0.25) is 0 Å². The Morgan fingerprint density at radius 2 is 2.10 bits per heavy atom. The van der Waals surface area contributed by atoms with Crippen LogP contribution in [0.25, 0.3) is 10.2 Å². The number of hydrogen-bond donors (Lipinski definition) is 1. The Balaban J connectivity index is 1.67. The van der Waals surface area contributed by atoms with Gasteiger partial charge in [0.2, 0.25) is 0 Å². The fourth-order valence-electron chi connectivity index (χ4n) is 2.00. The highest BCUT2D eigenvalue weighted by Gasteiger charge is 2.11. The zero-order valence-electron chi connectivity index (χ0n) is 11.6. The summed E-state index contributed by atoms with van der Waals surface area (Å²) in [5.41, 5.74) is 1.09.